The first-order valence-electron chi connectivity index (χ1n) is 11.3. The van der Waals surface area contributed by atoms with Crippen molar-refractivity contribution in [2.24, 2.45) is 5.92 Å². The van der Waals surface area contributed by atoms with Crippen molar-refractivity contribution >= 4 is 17.5 Å². The molecule has 2 aliphatic rings. The molecule has 2 aromatic rings. The van der Waals surface area contributed by atoms with Crippen LogP contribution in [0.5, 0.6) is 11.5 Å². The van der Waals surface area contributed by atoms with Gasteiger partial charge in [-0.25, -0.2) is 0 Å². The maximum absolute atomic E-state index is 12.7. The van der Waals surface area contributed by atoms with Gasteiger partial charge in [0.25, 0.3) is 0 Å². The first-order valence-corrected chi connectivity index (χ1v) is 11.6. The van der Waals surface area contributed by atoms with Gasteiger partial charge in [0.15, 0.2) is 0 Å². The van der Waals surface area contributed by atoms with E-state index in [1.54, 1.807) is 6.07 Å². The second kappa shape index (κ2) is 11.0. The highest BCUT2D eigenvalue weighted by Crippen LogP contribution is 2.30. The lowest BCUT2D eigenvalue weighted by atomic mass is 9.96. The van der Waals surface area contributed by atoms with E-state index < -0.39 is 0 Å². The van der Waals surface area contributed by atoms with Gasteiger partial charge in [-0.2, -0.15) is 0 Å². The summed E-state index contributed by atoms with van der Waals surface area (Å²) in [4.78, 5) is 15.0. The third kappa shape index (κ3) is 6.15. The van der Waals surface area contributed by atoms with Crippen molar-refractivity contribution < 1.29 is 19.0 Å². The van der Waals surface area contributed by atoms with Crippen molar-refractivity contribution in [2.75, 3.05) is 40.0 Å². The molecule has 0 aromatic heterocycles. The van der Waals surface area contributed by atoms with Crippen LogP contribution < -0.4 is 14.8 Å². The van der Waals surface area contributed by atoms with Crippen LogP contribution in [0.2, 0.25) is 5.02 Å². The molecule has 32 heavy (non-hydrogen) atoms. The van der Waals surface area contributed by atoms with Crippen LogP contribution in [0, 0.1) is 5.92 Å². The SMILES string of the molecule is CN(CCOc1cccc(CNC(=O)C2COc3ccc(Cl)cc3C2)c1)C1CCOCC1. The number of halogens is 1. The minimum Gasteiger partial charge on any atom is -0.492 e. The van der Waals surface area contributed by atoms with Crippen LogP contribution in [0.4, 0.5) is 0 Å². The zero-order chi connectivity index (χ0) is 22.3. The van der Waals surface area contributed by atoms with Gasteiger partial charge in [-0.1, -0.05) is 23.7 Å². The zero-order valence-electron chi connectivity index (χ0n) is 18.5. The minimum atomic E-state index is -0.221. The molecule has 0 bridgehead atoms. The van der Waals surface area contributed by atoms with Gasteiger partial charge in [-0.15, -0.1) is 0 Å². The van der Waals surface area contributed by atoms with Crippen LogP contribution in [0.3, 0.4) is 0 Å². The molecule has 2 heterocycles. The third-order valence-electron chi connectivity index (χ3n) is 6.19. The normalized spacial score (nSPS) is 18.7. The number of hydrogen-bond donors (Lipinski definition) is 1. The highest BCUT2D eigenvalue weighted by Gasteiger charge is 2.26. The summed E-state index contributed by atoms with van der Waals surface area (Å²) in [6, 6.07) is 14.0. The molecule has 0 radical (unpaired) electrons. The van der Waals surface area contributed by atoms with E-state index in [4.69, 9.17) is 25.8 Å². The fraction of sp³-hybridized carbons (Fsp3) is 0.480. The number of ether oxygens (including phenoxy) is 3. The van der Waals surface area contributed by atoms with Crippen molar-refractivity contribution in [1.29, 1.82) is 0 Å². The summed E-state index contributed by atoms with van der Waals surface area (Å²) in [6.45, 7) is 4.03. The lowest BCUT2D eigenvalue weighted by Crippen LogP contribution is -2.38. The Bertz CT molecular complexity index is 917. The quantitative estimate of drug-likeness (QED) is 0.653. The van der Waals surface area contributed by atoms with Gasteiger partial charge in [-0.3, -0.25) is 9.69 Å². The van der Waals surface area contributed by atoms with Crippen molar-refractivity contribution in [3.05, 3.63) is 58.6 Å². The molecule has 2 aromatic carbocycles. The monoisotopic (exact) mass is 458 g/mol. The minimum absolute atomic E-state index is 0.0139. The van der Waals surface area contributed by atoms with Crippen LogP contribution in [-0.2, 0) is 22.5 Å². The Labute approximate surface area is 194 Å². The number of benzene rings is 2. The standard InChI is InChI=1S/C25H31ClN2O4/c1-28(22-7-10-30-11-8-22)9-12-31-23-4-2-3-18(13-23)16-27-25(29)20-14-19-15-21(26)5-6-24(19)32-17-20/h2-6,13,15,20,22H,7-12,14,16-17H2,1H3,(H,27,29). The lowest BCUT2D eigenvalue weighted by Gasteiger charge is -2.31. The molecule has 1 saturated heterocycles. The molecule has 0 spiro atoms. The molecular weight excluding hydrogens is 428 g/mol. The topological polar surface area (TPSA) is 60.0 Å². The fourth-order valence-corrected chi connectivity index (χ4v) is 4.42. The number of amides is 1. The summed E-state index contributed by atoms with van der Waals surface area (Å²) < 4.78 is 17.1. The molecule has 1 fully saturated rings. The summed E-state index contributed by atoms with van der Waals surface area (Å²) in [5, 5.41) is 3.69. The molecule has 172 valence electrons. The van der Waals surface area contributed by atoms with Crippen molar-refractivity contribution in [2.45, 2.75) is 31.8 Å². The average molecular weight is 459 g/mol. The number of likely N-dealkylation sites (N-methyl/N-ethyl adjacent to an activating group) is 1. The Morgan fingerprint density at radius 1 is 1.22 bits per heavy atom. The molecular formula is C25H31ClN2O4. The van der Waals surface area contributed by atoms with Crippen molar-refractivity contribution in [3.8, 4) is 11.5 Å². The first kappa shape index (κ1) is 22.9. The molecule has 1 amide bonds. The largest absolute Gasteiger partial charge is 0.492 e. The van der Waals surface area contributed by atoms with Gasteiger partial charge in [0.05, 0.1) is 5.92 Å². The van der Waals surface area contributed by atoms with E-state index in [9.17, 15) is 4.79 Å². The van der Waals surface area contributed by atoms with Gasteiger partial charge >= 0.3 is 0 Å². The summed E-state index contributed by atoms with van der Waals surface area (Å²) in [6.07, 6.45) is 2.79. The predicted octanol–water partition coefficient (Wildman–Crippen LogP) is 3.70. The van der Waals surface area contributed by atoms with E-state index in [1.165, 1.54) is 0 Å². The molecule has 7 heteroatoms. The first-order chi connectivity index (χ1) is 15.6. The van der Waals surface area contributed by atoms with Crippen LogP contribution in [0.1, 0.15) is 24.0 Å². The van der Waals surface area contributed by atoms with E-state index in [0.29, 0.717) is 37.2 Å². The molecule has 2 aliphatic heterocycles. The van der Waals surface area contributed by atoms with Gasteiger partial charge in [-0.05, 0) is 67.8 Å². The van der Waals surface area contributed by atoms with Crippen LogP contribution in [0.15, 0.2) is 42.5 Å². The van der Waals surface area contributed by atoms with E-state index in [-0.39, 0.29) is 11.8 Å². The average Bonchev–Trinajstić information content (AvgIpc) is 2.83. The number of carbonyl (C=O) groups excluding carboxylic acids is 1. The summed E-state index contributed by atoms with van der Waals surface area (Å²) in [5.74, 6) is 1.40. The molecule has 6 nitrogen and oxygen atoms in total. The van der Waals surface area contributed by atoms with E-state index >= 15 is 0 Å². The molecule has 4 rings (SSSR count). The van der Waals surface area contributed by atoms with Crippen molar-refractivity contribution in [3.63, 3.8) is 0 Å². The van der Waals surface area contributed by atoms with E-state index in [0.717, 1.165) is 55.2 Å². The Balaban J connectivity index is 1.23. The highest BCUT2D eigenvalue weighted by atomic mass is 35.5. The maximum atomic E-state index is 12.7. The van der Waals surface area contributed by atoms with Crippen LogP contribution in [0.25, 0.3) is 0 Å². The Morgan fingerprint density at radius 2 is 2.06 bits per heavy atom. The Morgan fingerprint density at radius 3 is 2.91 bits per heavy atom. The van der Waals surface area contributed by atoms with Gasteiger partial charge < -0.3 is 19.5 Å². The van der Waals surface area contributed by atoms with Crippen molar-refractivity contribution in [1.82, 2.24) is 10.2 Å². The molecule has 0 aliphatic carbocycles. The molecule has 1 N–H and O–H groups in total. The molecule has 0 saturated carbocycles. The number of nitrogens with zero attached hydrogens (tertiary/aromatic N) is 1. The van der Waals surface area contributed by atoms with Gasteiger partial charge in [0, 0.05) is 37.4 Å². The predicted molar refractivity (Wildman–Crippen MR) is 124 cm³/mol. The Kier molecular flexibility index (Phi) is 7.90. The second-order valence-corrected chi connectivity index (χ2v) is 8.94. The van der Waals surface area contributed by atoms with Gasteiger partial charge in [0.1, 0.15) is 24.7 Å². The third-order valence-corrected chi connectivity index (χ3v) is 6.43. The molecule has 1 atom stereocenters. The summed E-state index contributed by atoms with van der Waals surface area (Å²) in [5.41, 5.74) is 1.99. The number of carbonyl (C=O) groups is 1. The summed E-state index contributed by atoms with van der Waals surface area (Å²) >= 11 is 6.08. The summed E-state index contributed by atoms with van der Waals surface area (Å²) in [7, 11) is 2.15. The number of nitrogens with one attached hydrogen (secondary N) is 1. The number of fused-ring (bicyclic) bond motifs is 1. The highest BCUT2D eigenvalue weighted by molar-refractivity contribution is 6.30. The number of hydrogen-bond acceptors (Lipinski definition) is 5. The maximum Gasteiger partial charge on any atom is 0.227 e. The van der Waals surface area contributed by atoms with E-state index in [2.05, 4.69) is 17.3 Å². The van der Waals surface area contributed by atoms with Crippen LogP contribution in [-0.4, -0.2) is 56.9 Å². The molecule has 1 unspecified atom stereocenters. The Hall–Kier alpha value is -2.28. The number of rotatable bonds is 8. The smallest absolute Gasteiger partial charge is 0.227 e. The lowest BCUT2D eigenvalue weighted by molar-refractivity contribution is -0.126. The zero-order valence-corrected chi connectivity index (χ0v) is 19.3. The van der Waals surface area contributed by atoms with Crippen LogP contribution >= 0.6 is 11.6 Å². The second-order valence-electron chi connectivity index (χ2n) is 8.50. The van der Waals surface area contributed by atoms with E-state index in [1.807, 2.05) is 36.4 Å². The fourth-order valence-electron chi connectivity index (χ4n) is 4.23. The van der Waals surface area contributed by atoms with Gasteiger partial charge in [0.2, 0.25) is 5.91 Å².